The minimum absolute atomic E-state index is 0.240. The predicted octanol–water partition coefficient (Wildman–Crippen LogP) is 1.02. The number of hydrogen-bond donors (Lipinski definition) is 1. The number of piperazine rings is 1. The van der Waals surface area contributed by atoms with E-state index in [2.05, 4.69) is 10.2 Å². The summed E-state index contributed by atoms with van der Waals surface area (Å²) in [6.45, 7) is 3.34. The normalized spacial score (nSPS) is 16.6. The van der Waals surface area contributed by atoms with Crippen molar-refractivity contribution >= 4 is 15.9 Å². The molecule has 8 heteroatoms. The Morgan fingerprint density at radius 1 is 1.04 bits per heavy atom. The van der Waals surface area contributed by atoms with Crippen LogP contribution in [0.1, 0.15) is 10.6 Å². The van der Waals surface area contributed by atoms with Crippen molar-refractivity contribution in [2.45, 2.75) is 4.90 Å². The van der Waals surface area contributed by atoms with Gasteiger partial charge >= 0.3 is 0 Å². The lowest BCUT2D eigenvalue weighted by Crippen LogP contribution is -2.50. The highest BCUT2D eigenvalue weighted by Gasteiger charge is 2.28. The summed E-state index contributed by atoms with van der Waals surface area (Å²) in [5, 5.41) is 2.79. The number of carbonyl (C=O) groups is 1. The molecule has 1 saturated heterocycles. The molecule has 2 aromatic rings. The smallest absolute Gasteiger partial charge is 0.287 e. The Bertz CT molecular complexity index is 783. The molecule has 3 rings (SSSR count). The molecule has 0 bridgehead atoms. The van der Waals surface area contributed by atoms with Gasteiger partial charge in [0, 0.05) is 39.3 Å². The van der Waals surface area contributed by atoms with Crippen LogP contribution in [0.3, 0.4) is 0 Å². The molecule has 1 aliphatic heterocycles. The van der Waals surface area contributed by atoms with E-state index in [1.807, 2.05) is 0 Å². The third kappa shape index (κ3) is 4.28. The monoisotopic (exact) mass is 363 g/mol. The molecule has 134 valence electrons. The van der Waals surface area contributed by atoms with Crippen LogP contribution in [0.5, 0.6) is 0 Å². The van der Waals surface area contributed by atoms with Crippen LogP contribution in [0.4, 0.5) is 0 Å². The quantitative estimate of drug-likeness (QED) is 0.828. The van der Waals surface area contributed by atoms with Crippen LogP contribution in [-0.2, 0) is 10.0 Å². The molecule has 1 aromatic carbocycles. The first-order chi connectivity index (χ1) is 12.1. The van der Waals surface area contributed by atoms with Gasteiger partial charge in [0.05, 0.1) is 11.2 Å². The summed E-state index contributed by atoms with van der Waals surface area (Å²) in [4.78, 5) is 14.2. The molecule has 0 radical (unpaired) electrons. The van der Waals surface area contributed by atoms with Crippen LogP contribution in [0.2, 0.25) is 0 Å². The fourth-order valence-corrected chi connectivity index (χ4v) is 4.20. The van der Waals surface area contributed by atoms with Crippen molar-refractivity contribution < 1.29 is 17.6 Å². The molecule has 0 saturated carbocycles. The van der Waals surface area contributed by atoms with Gasteiger partial charge in [-0.1, -0.05) is 18.2 Å². The van der Waals surface area contributed by atoms with E-state index in [0.29, 0.717) is 49.9 Å². The van der Waals surface area contributed by atoms with Crippen molar-refractivity contribution in [3.05, 3.63) is 54.5 Å². The second kappa shape index (κ2) is 7.81. The molecular weight excluding hydrogens is 342 g/mol. The standard InChI is InChI=1S/C17H21N3O4S/c21-17(16-7-4-14-24-16)18-8-9-19-10-12-20(13-11-19)25(22,23)15-5-2-1-3-6-15/h1-7,14H,8-13H2,(H,18,21). The fraction of sp³-hybridized carbons (Fsp3) is 0.353. The molecule has 0 aliphatic carbocycles. The van der Waals surface area contributed by atoms with E-state index in [1.165, 1.54) is 10.6 Å². The molecule has 1 fully saturated rings. The largest absolute Gasteiger partial charge is 0.459 e. The SMILES string of the molecule is O=C(NCCN1CCN(S(=O)(=O)c2ccccc2)CC1)c1ccco1. The zero-order chi connectivity index (χ0) is 17.7. The second-order valence-electron chi connectivity index (χ2n) is 5.79. The van der Waals surface area contributed by atoms with Gasteiger partial charge in [0.2, 0.25) is 10.0 Å². The van der Waals surface area contributed by atoms with E-state index in [9.17, 15) is 13.2 Å². The van der Waals surface area contributed by atoms with Gasteiger partial charge in [-0.05, 0) is 24.3 Å². The van der Waals surface area contributed by atoms with E-state index in [-0.39, 0.29) is 5.91 Å². The Labute approximate surface area is 147 Å². The van der Waals surface area contributed by atoms with Crippen LogP contribution >= 0.6 is 0 Å². The maximum Gasteiger partial charge on any atom is 0.287 e. The van der Waals surface area contributed by atoms with Gasteiger partial charge < -0.3 is 9.73 Å². The highest BCUT2D eigenvalue weighted by molar-refractivity contribution is 7.89. The highest BCUT2D eigenvalue weighted by atomic mass is 32.2. The second-order valence-corrected chi connectivity index (χ2v) is 7.73. The molecule has 0 unspecified atom stereocenters. The van der Waals surface area contributed by atoms with Gasteiger partial charge in [-0.25, -0.2) is 8.42 Å². The summed E-state index contributed by atoms with van der Waals surface area (Å²) in [7, 11) is -3.42. The summed E-state index contributed by atoms with van der Waals surface area (Å²) >= 11 is 0. The minimum Gasteiger partial charge on any atom is -0.459 e. The first kappa shape index (κ1) is 17.7. The lowest BCUT2D eigenvalue weighted by molar-refractivity contribution is 0.0917. The molecule has 0 spiro atoms. The Morgan fingerprint density at radius 2 is 1.76 bits per heavy atom. The van der Waals surface area contributed by atoms with Crippen molar-refractivity contribution in [2.24, 2.45) is 0 Å². The van der Waals surface area contributed by atoms with E-state index < -0.39 is 10.0 Å². The average Bonchev–Trinajstić information content (AvgIpc) is 3.18. The Kier molecular flexibility index (Phi) is 5.52. The number of furan rings is 1. The molecule has 1 N–H and O–H groups in total. The fourth-order valence-electron chi connectivity index (χ4n) is 2.76. The van der Waals surface area contributed by atoms with E-state index in [1.54, 1.807) is 42.5 Å². The van der Waals surface area contributed by atoms with E-state index in [0.717, 1.165) is 0 Å². The molecule has 2 heterocycles. The average molecular weight is 363 g/mol. The number of hydrogen-bond acceptors (Lipinski definition) is 5. The van der Waals surface area contributed by atoms with Gasteiger partial charge in [-0.3, -0.25) is 9.69 Å². The van der Waals surface area contributed by atoms with Crippen molar-refractivity contribution in [1.29, 1.82) is 0 Å². The van der Waals surface area contributed by atoms with Crippen LogP contribution in [0, 0.1) is 0 Å². The molecule has 1 aliphatic rings. The number of benzene rings is 1. The summed E-state index contributed by atoms with van der Waals surface area (Å²) < 4.78 is 31.7. The van der Waals surface area contributed by atoms with Gasteiger partial charge in [-0.15, -0.1) is 0 Å². The van der Waals surface area contributed by atoms with E-state index >= 15 is 0 Å². The molecule has 1 aromatic heterocycles. The van der Waals surface area contributed by atoms with Crippen molar-refractivity contribution in [2.75, 3.05) is 39.3 Å². The van der Waals surface area contributed by atoms with Gasteiger partial charge in [0.1, 0.15) is 0 Å². The zero-order valence-corrected chi connectivity index (χ0v) is 14.6. The van der Waals surface area contributed by atoms with Crippen LogP contribution in [0.25, 0.3) is 0 Å². The zero-order valence-electron chi connectivity index (χ0n) is 13.8. The number of carbonyl (C=O) groups excluding carboxylic acids is 1. The number of amides is 1. The number of sulfonamides is 1. The molecular formula is C17H21N3O4S. The Balaban J connectivity index is 1.45. The van der Waals surface area contributed by atoms with Gasteiger partial charge in [0.25, 0.3) is 5.91 Å². The third-order valence-corrected chi connectivity index (χ3v) is 6.08. The first-order valence-corrected chi connectivity index (χ1v) is 9.60. The van der Waals surface area contributed by atoms with Gasteiger partial charge in [0.15, 0.2) is 5.76 Å². The molecule has 25 heavy (non-hydrogen) atoms. The number of nitrogens with zero attached hydrogens (tertiary/aromatic N) is 2. The number of rotatable bonds is 6. The Hall–Kier alpha value is -2.16. The topological polar surface area (TPSA) is 82.9 Å². The van der Waals surface area contributed by atoms with Crippen LogP contribution < -0.4 is 5.32 Å². The minimum atomic E-state index is -3.42. The van der Waals surface area contributed by atoms with Gasteiger partial charge in [-0.2, -0.15) is 4.31 Å². The molecule has 7 nitrogen and oxygen atoms in total. The molecule has 1 amide bonds. The van der Waals surface area contributed by atoms with Crippen LogP contribution in [-0.4, -0.2) is 62.8 Å². The lowest BCUT2D eigenvalue weighted by atomic mass is 10.3. The third-order valence-electron chi connectivity index (χ3n) is 4.17. The summed E-state index contributed by atoms with van der Waals surface area (Å²) in [5.41, 5.74) is 0. The highest BCUT2D eigenvalue weighted by Crippen LogP contribution is 2.16. The van der Waals surface area contributed by atoms with Crippen molar-refractivity contribution in [3.63, 3.8) is 0 Å². The maximum absolute atomic E-state index is 12.6. The Morgan fingerprint density at radius 3 is 2.40 bits per heavy atom. The summed E-state index contributed by atoms with van der Waals surface area (Å²) in [6.07, 6.45) is 1.46. The maximum atomic E-state index is 12.6. The predicted molar refractivity (Wildman–Crippen MR) is 92.7 cm³/mol. The van der Waals surface area contributed by atoms with E-state index in [4.69, 9.17) is 4.42 Å². The van der Waals surface area contributed by atoms with Crippen LogP contribution in [0.15, 0.2) is 58.0 Å². The molecule has 0 atom stereocenters. The first-order valence-electron chi connectivity index (χ1n) is 8.16. The summed E-state index contributed by atoms with van der Waals surface area (Å²) in [5.74, 6) is 0.0501. The summed E-state index contributed by atoms with van der Waals surface area (Å²) in [6, 6.07) is 11.8. The lowest BCUT2D eigenvalue weighted by Gasteiger charge is -2.33. The van der Waals surface area contributed by atoms with Crippen molar-refractivity contribution in [1.82, 2.24) is 14.5 Å². The number of nitrogens with one attached hydrogen (secondary N) is 1. The van der Waals surface area contributed by atoms with Crippen molar-refractivity contribution in [3.8, 4) is 0 Å².